The number of hydrogen-bond donors (Lipinski definition) is 1. The summed E-state index contributed by atoms with van der Waals surface area (Å²) in [5.41, 5.74) is 0.319. The first-order valence-electron chi connectivity index (χ1n) is 6.91. The minimum atomic E-state index is -0.217. The molecule has 2 rings (SSSR count). The lowest BCUT2D eigenvalue weighted by molar-refractivity contribution is 0.0962. The molecular weight excluding hydrogens is 304 g/mol. The molecule has 0 bridgehead atoms. The standard InChI is InChI=1S/C16H17ClN2O3/c1-18-16(21)12-3-8-15(20)19(11-12)9-2-10-22-14-6-4-13(17)5-7-14/h3-8,11H,2,9-10H2,1H3,(H,18,21). The van der Waals surface area contributed by atoms with Crippen LogP contribution in [0.3, 0.4) is 0 Å². The molecule has 0 fully saturated rings. The Morgan fingerprint density at radius 1 is 1.23 bits per heavy atom. The van der Waals surface area contributed by atoms with E-state index in [1.54, 1.807) is 37.5 Å². The van der Waals surface area contributed by atoms with E-state index in [0.717, 1.165) is 5.75 Å². The summed E-state index contributed by atoms with van der Waals surface area (Å²) >= 11 is 5.80. The molecule has 0 atom stereocenters. The van der Waals surface area contributed by atoms with Crippen molar-refractivity contribution >= 4 is 17.5 Å². The van der Waals surface area contributed by atoms with Gasteiger partial charge in [0.15, 0.2) is 0 Å². The van der Waals surface area contributed by atoms with Crippen LogP contribution in [0.5, 0.6) is 5.75 Å². The van der Waals surface area contributed by atoms with Crippen LogP contribution in [0.2, 0.25) is 5.02 Å². The molecule has 1 heterocycles. The lowest BCUT2D eigenvalue weighted by Crippen LogP contribution is -2.24. The van der Waals surface area contributed by atoms with Gasteiger partial charge >= 0.3 is 0 Å². The van der Waals surface area contributed by atoms with E-state index in [-0.39, 0.29) is 11.5 Å². The number of benzene rings is 1. The Labute approximate surface area is 133 Å². The zero-order chi connectivity index (χ0) is 15.9. The molecule has 0 saturated carbocycles. The Bertz CT molecular complexity index is 695. The number of ether oxygens (including phenoxy) is 1. The van der Waals surface area contributed by atoms with Crippen molar-refractivity contribution in [3.8, 4) is 5.75 Å². The van der Waals surface area contributed by atoms with Gasteiger partial charge in [0, 0.05) is 30.9 Å². The molecule has 1 N–H and O–H groups in total. The van der Waals surface area contributed by atoms with Gasteiger partial charge in [0.1, 0.15) is 5.75 Å². The van der Waals surface area contributed by atoms with E-state index in [0.29, 0.717) is 30.2 Å². The number of nitrogens with zero attached hydrogens (tertiary/aromatic N) is 1. The highest BCUT2D eigenvalue weighted by Gasteiger charge is 2.05. The van der Waals surface area contributed by atoms with E-state index in [9.17, 15) is 9.59 Å². The van der Waals surface area contributed by atoms with Gasteiger partial charge in [-0.25, -0.2) is 0 Å². The van der Waals surface area contributed by atoms with Gasteiger partial charge in [-0.1, -0.05) is 11.6 Å². The van der Waals surface area contributed by atoms with Crippen LogP contribution in [0, 0.1) is 0 Å². The predicted molar refractivity (Wildman–Crippen MR) is 85.7 cm³/mol. The lowest BCUT2D eigenvalue weighted by Gasteiger charge is -2.09. The van der Waals surface area contributed by atoms with Crippen LogP contribution in [0.4, 0.5) is 0 Å². The van der Waals surface area contributed by atoms with Crippen LogP contribution >= 0.6 is 11.6 Å². The number of carbonyl (C=O) groups excluding carboxylic acids is 1. The van der Waals surface area contributed by atoms with Gasteiger partial charge in [-0.3, -0.25) is 9.59 Å². The Kier molecular flexibility index (Phi) is 5.61. The maximum absolute atomic E-state index is 11.8. The van der Waals surface area contributed by atoms with Gasteiger partial charge in [-0.05, 0) is 36.8 Å². The van der Waals surface area contributed by atoms with Crippen molar-refractivity contribution in [2.24, 2.45) is 0 Å². The van der Waals surface area contributed by atoms with Crippen LogP contribution in [-0.2, 0) is 6.54 Å². The SMILES string of the molecule is CNC(=O)c1ccc(=O)n(CCCOc2ccc(Cl)cc2)c1. The zero-order valence-electron chi connectivity index (χ0n) is 12.2. The van der Waals surface area contributed by atoms with Crippen LogP contribution in [-0.4, -0.2) is 24.1 Å². The van der Waals surface area contributed by atoms with E-state index in [1.165, 1.54) is 16.7 Å². The fraction of sp³-hybridized carbons (Fsp3) is 0.250. The van der Waals surface area contributed by atoms with Crippen molar-refractivity contribution in [2.45, 2.75) is 13.0 Å². The number of nitrogens with one attached hydrogen (secondary N) is 1. The molecule has 0 aliphatic carbocycles. The summed E-state index contributed by atoms with van der Waals surface area (Å²) in [7, 11) is 1.55. The molecule has 0 unspecified atom stereocenters. The average molecular weight is 321 g/mol. The second-order valence-corrected chi connectivity index (χ2v) is 5.12. The van der Waals surface area contributed by atoms with Gasteiger partial charge in [0.05, 0.1) is 12.2 Å². The Balaban J connectivity index is 1.90. The van der Waals surface area contributed by atoms with E-state index in [4.69, 9.17) is 16.3 Å². The number of amides is 1. The van der Waals surface area contributed by atoms with Crippen molar-refractivity contribution in [1.29, 1.82) is 0 Å². The van der Waals surface area contributed by atoms with Crippen molar-refractivity contribution in [3.05, 3.63) is 63.5 Å². The van der Waals surface area contributed by atoms with Gasteiger partial charge in [0.2, 0.25) is 0 Å². The molecular formula is C16H17ClN2O3. The Morgan fingerprint density at radius 2 is 1.95 bits per heavy atom. The highest BCUT2D eigenvalue weighted by molar-refractivity contribution is 6.30. The molecule has 1 aromatic carbocycles. The van der Waals surface area contributed by atoms with Crippen LogP contribution in [0.1, 0.15) is 16.8 Å². The zero-order valence-corrected chi connectivity index (χ0v) is 13.0. The number of hydrogen-bond acceptors (Lipinski definition) is 3. The monoisotopic (exact) mass is 320 g/mol. The molecule has 116 valence electrons. The Hall–Kier alpha value is -2.27. The third-order valence-electron chi connectivity index (χ3n) is 3.10. The molecule has 5 nitrogen and oxygen atoms in total. The predicted octanol–water partition coefficient (Wildman–Crippen LogP) is 2.33. The summed E-state index contributed by atoms with van der Waals surface area (Å²) in [5.74, 6) is 0.516. The number of carbonyl (C=O) groups is 1. The van der Waals surface area contributed by atoms with Crippen LogP contribution in [0.25, 0.3) is 0 Å². The summed E-state index contributed by atoms with van der Waals surface area (Å²) < 4.78 is 7.08. The number of rotatable bonds is 6. The maximum atomic E-state index is 11.8. The minimum absolute atomic E-state index is 0.140. The van der Waals surface area contributed by atoms with Gasteiger partial charge in [-0.2, -0.15) is 0 Å². The number of halogens is 1. The molecule has 0 radical (unpaired) electrons. The molecule has 1 amide bonds. The highest BCUT2D eigenvalue weighted by atomic mass is 35.5. The third-order valence-corrected chi connectivity index (χ3v) is 3.35. The van der Waals surface area contributed by atoms with E-state index < -0.39 is 0 Å². The minimum Gasteiger partial charge on any atom is -0.494 e. The quantitative estimate of drug-likeness (QED) is 0.831. The van der Waals surface area contributed by atoms with E-state index in [1.807, 2.05) is 0 Å². The maximum Gasteiger partial charge on any atom is 0.252 e. The lowest BCUT2D eigenvalue weighted by atomic mass is 10.2. The summed E-state index contributed by atoms with van der Waals surface area (Å²) in [6, 6.07) is 10.0. The van der Waals surface area contributed by atoms with Gasteiger partial charge in [0.25, 0.3) is 11.5 Å². The molecule has 0 aliphatic heterocycles. The van der Waals surface area contributed by atoms with Crippen molar-refractivity contribution < 1.29 is 9.53 Å². The fourth-order valence-corrected chi connectivity index (χ4v) is 2.07. The largest absolute Gasteiger partial charge is 0.494 e. The molecule has 6 heteroatoms. The molecule has 0 aliphatic rings. The van der Waals surface area contributed by atoms with Crippen LogP contribution < -0.4 is 15.6 Å². The summed E-state index contributed by atoms with van der Waals surface area (Å²) in [5, 5.41) is 3.19. The topological polar surface area (TPSA) is 60.3 Å². The average Bonchev–Trinajstić information content (AvgIpc) is 2.54. The normalized spacial score (nSPS) is 10.3. The number of aryl methyl sites for hydroxylation is 1. The Morgan fingerprint density at radius 3 is 2.64 bits per heavy atom. The summed E-state index contributed by atoms with van der Waals surface area (Å²) in [4.78, 5) is 23.3. The summed E-state index contributed by atoms with van der Waals surface area (Å²) in [6.07, 6.45) is 2.21. The first-order chi connectivity index (χ1) is 10.6. The molecule has 1 aromatic heterocycles. The first-order valence-corrected chi connectivity index (χ1v) is 7.29. The number of pyridine rings is 1. The van der Waals surface area contributed by atoms with E-state index >= 15 is 0 Å². The highest BCUT2D eigenvalue weighted by Crippen LogP contribution is 2.15. The van der Waals surface area contributed by atoms with Crippen molar-refractivity contribution in [2.75, 3.05) is 13.7 Å². The van der Waals surface area contributed by atoms with Crippen molar-refractivity contribution in [3.63, 3.8) is 0 Å². The molecule has 0 saturated heterocycles. The third kappa shape index (κ3) is 4.36. The van der Waals surface area contributed by atoms with Crippen molar-refractivity contribution in [1.82, 2.24) is 9.88 Å². The second kappa shape index (κ2) is 7.66. The van der Waals surface area contributed by atoms with Crippen LogP contribution in [0.15, 0.2) is 47.4 Å². The smallest absolute Gasteiger partial charge is 0.252 e. The van der Waals surface area contributed by atoms with E-state index in [2.05, 4.69) is 5.32 Å². The molecule has 22 heavy (non-hydrogen) atoms. The second-order valence-electron chi connectivity index (χ2n) is 4.68. The van der Waals surface area contributed by atoms with Gasteiger partial charge in [-0.15, -0.1) is 0 Å². The first kappa shape index (κ1) is 16.1. The van der Waals surface area contributed by atoms with Gasteiger partial charge < -0.3 is 14.6 Å². The molecule has 2 aromatic rings. The molecule has 0 spiro atoms. The number of aromatic nitrogens is 1. The summed E-state index contributed by atoms with van der Waals surface area (Å²) in [6.45, 7) is 0.954. The fourth-order valence-electron chi connectivity index (χ4n) is 1.94.